The number of carbonyl (C=O) groups excluding carboxylic acids is 1. The molecule has 10 heteroatoms. The van der Waals surface area contributed by atoms with Crippen molar-refractivity contribution in [1.82, 2.24) is 14.9 Å². The fourth-order valence-electron chi connectivity index (χ4n) is 3.02. The number of nitrogens with one attached hydrogen (secondary N) is 2. The molecule has 3 rings (SSSR count). The smallest absolute Gasteiger partial charge is 0.252 e. The Balaban J connectivity index is 0.00000243. The van der Waals surface area contributed by atoms with Crippen molar-refractivity contribution in [2.75, 3.05) is 39.3 Å². The molecule has 1 amide bonds. The van der Waals surface area contributed by atoms with E-state index in [0.717, 1.165) is 30.7 Å². The summed E-state index contributed by atoms with van der Waals surface area (Å²) in [6.45, 7) is 3.54. The van der Waals surface area contributed by atoms with E-state index < -0.39 is 16.1 Å². The van der Waals surface area contributed by atoms with Gasteiger partial charge in [0.2, 0.25) is 5.91 Å². The minimum atomic E-state index is -3.36. The number of sulfonamides is 1. The summed E-state index contributed by atoms with van der Waals surface area (Å²) in [5, 5.41) is 5.97. The van der Waals surface area contributed by atoms with Crippen LogP contribution < -0.4 is 10.6 Å². The fraction of sp³-hybridized carbons (Fsp3) is 0.688. The second kappa shape index (κ2) is 10.0. The van der Waals surface area contributed by atoms with Crippen LogP contribution in [0.2, 0.25) is 0 Å². The summed E-state index contributed by atoms with van der Waals surface area (Å²) in [5.74, 6) is -0.120. The molecule has 0 bridgehead atoms. The van der Waals surface area contributed by atoms with Gasteiger partial charge in [0.1, 0.15) is 10.3 Å². The van der Waals surface area contributed by atoms with Gasteiger partial charge in [-0.3, -0.25) is 4.79 Å². The topological polar surface area (TPSA) is 87.7 Å². The molecule has 2 aliphatic rings. The highest BCUT2D eigenvalue weighted by molar-refractivity contribution is 7.91. The van der Waals surface area contributed by atoms with E-state index in [1.165, 1.54) is 11.3 Å². The van der Waals surface area contributed by atoms with Crippen LogP contribution in [0.1, 0.15) is 24.1 Å². The summed E-state index contributed by atoms with van der Waals surface area (Å²) in [5.41, 5.74) is 0. The summed E-state index contributed by atoms with van der Waals surface area (Å²) in [4.78, 5) is 12.9. The molecule has 1 atom stereocenters. The first-order chi connectivity index (χ1) is 12.1. The van der Waals surface area contributed by atoms with Crippen molar-refractivity contribution < 1.29 is 17.9 Å². The molecule has 0 aromatic carbocycles. The Morgan fingerprint density at radius 1 is 1.31 bits per heavy atom. The first-order valence-corrected chi connectivity index (χ1v) is 11.0. The fourth-order valence-corrected chi connectivity index (χ4v) is 6.05. The molecule has 3 heterocycles. The van der Waals surface area contributed by atoms with Crippen molar-refractivity contribution in [3.05, 3.63) is 17.0 Å². The van der Waals surface area contributed by atoms with Crippen molar-refractivity contribution in [2.24, 2.45) is 0 Å². The maximum Gasteiger partial charge on any atom is 0.252 e. The second-order valence-corrected chi connectivity index (χ2v) is 9.62. The number of piperidine rings is 1. The average Bonchev–Trinajstić information content (AvgIpc) is 3.13. The summed E-state index contributed by atoms with van der Waals surface area (Å²) >= 11 is 1.30. The molecule has 7 nitrogen and oxygen atoms in total. The van der Waals surface area contributed by atoms with E-state index in [1.807, 2.05) is 6.07 Å². The number of rotatable bonds is 6. The molecule has 0 spiro atoms. The van der Waals surface area contributed by atoms with Crippen LogP contribution in [0.3, 0.4) is 0 Å². The third-order valence-corrected chi connectivity index (χ3v) is 7.95. The van der Waals surface area contributed by atoms with Crippen molar-refractivity contribution in [3.8, 4) is 0 Å². The van der Waals surface area contributed by atoms with E-state index in [0.29, 0.717) is 43.4 Å². The molecule has 2 fully saturated rings. The van der Waals surface area contributed by atoms with Crippen LogP contribution in [0, 0.1) is 0 Å². The van der Waals surface area contributed by atoms with Gasteiger partial charge in [0.15, 0.2) is 0 Å². The first kappa shape index (κ1) is 21.6. The standard InChI is InChI=1S/C16H25N3O4S2.ClH/c20-16(14-12-17-8-11-23-14)18-7-6-13-4-5-15(24-13)25(21,22)19-9-2-1-3-10-19;/h4-5,14,17H,1-3,6-12H2,(H,18,20);1H. The van der Waals surface area contributed by atoms with Crippen LogP contribution in [0.15, 0.2) is 16.3 Å². The minimum absolute atomic E-state index is 0. The predicted molar refractivity (Wildman–Crippen MR) is 104 cm³/mol. The summed E-state index contributed by atoms with van der Waals surface area (Å²) < 4.78 is 32.6. The van der Waals surface area contributed by atoms with Gasteiger partial charge in [0.05, 0.1) is 6.61 Å². The lowest BCUT2D eigenvalue weighted by Crippen LogP contribution is -2.48. The normalized spacial score (nSPS) is 21.8. The molecule has 2 N–H and O–H groups in total. The molecule has 1 aromatic heterocycles. The highest BCUT2D eigenvalue weighted by Crippen LogP contribution is 2.27. The van der Waals surface area contributed by atoms with Gasteiger partial charge in [-0.25, -0.2) is 8.42 Å². The lowest BCUT2D eigenvalue weighted by atomic mass is 10.2. The second-order valence-electron chi connectivity index (χ2n) is 6.29. The number of thiophene rings is 1. The Labute approximate surface area is 164 Å². The van der Waals surface area contributed by atoms with Gasteiger partial charge in [-0.05, 0) is 31.4 Å². The Hall–Kier alpha value is -0.710. The number of carbonyl (C=O) groups is 1. The highest BCUT2D eigenvalue weighted by Gasteiger charge is 2.27. The Morgan fingerprint density at radius 2 is 2.08 bits per heavy atom. The molecule has 1 unspecified atom stereocenters. The highest BCUT2D eigenvalue weighted by atomic mass is 35.5. The Kier molecular flexibility index (Phi) is 8.31. The van der Waals surface area contributed by atoms with Crippen LogP contribution in [-0.2, 0) is 26.0 Å². The van der Waals surface area contributed by atoms with Crippen LogP contribution in [-0.4, -0.2) is 64.1 Å². The monoisotopic (exact) mass is 423 g/mol. The van der Waals surface area contributed by atoms with Gasteiger partial charge in [-0.15, -0.1) is 23.7 Å². The number of hydrogen-bond donors (Lipinski definition) is 2. The van der Waals surface area contributed by atoms with Gasteiger partial charge in [0, 0.05) is 37.6 Å². The molecule has 148 valence electrons. The van der Waals surface area contributed by atoms with Gasteiger partial charge in [0.25, 0.3) is 10.0 Å². The number of halogens is 1. The number of ether oxygens (including phenoxy) is 1. The molecule has 2 saturated heterocycles. The Bertz CT molecular complexity index is 683. The van der Waals surface area contributed by atoms with Crippen molar-refractivity contribution in [3.63, 3.8) is 0 Å². The molecule has 0 radical (unpaired) electrons. The molecule has 1 aromatic rings. The molecule has 26 heavy (non-hydrogen) atoms. The van der Waals surface area contributed by atoms with E-state index in [2.05, 4.69) is 10.6 Å². The van der Waals surface area contributed by atoms with E-state index in [9.17, 15) is 13.2 Å². The van der Waals surface area contributed by atoms with Gasteiger partial charge in [-0.2, -0.15) is 4.31 Å². The first-order valence-electron chi connectivity index (χ1n) is 8.76. The number of hydrogen-bond acceptors (Lipinski definition) is 6. The molecular weight excluding hydrogens is 398 g/mol. The van der Waals surface area contributed by atoms with Crippen LogP contribution in [0.25, 0.3) is 0 Å². The van der Waals surface area contributed by atoms with Crippen molar-refractivity contribution in [2.45, 2.75) is 36.0 Å². The van der Waals surface area contributed by atoms with Gasteiger partial charge < -0.3 is 15.4 Å². The number of nitrogens with zero attached hydrogens (tertiary/aromatic N) is 1. The summed E-state index contributed by atoms with van der Waals surface area (Å²) in [6, 6.07) is 3.52. The molecular formula is C16H26ClN3O4S2. The van der Waals surface area contributed by atoms with Crippen LogP contribution in [0.4, 0.5) is 0 Å². The van der Waals surface area contributed by atoms with E-state index in [4.69, 9.17) is 4.74 Å². The van der Waals surface area contributed by atoms with Crippen molar-refractivity contribution >= 4 is 39.7 Å². The number of morpholine rings is 1. The summed E-state index contributed by atoms with van der Waals surface area (Å²) in [7, 11) is -3.36. The van der Waals surface area contributed by atoms with E-state index in [-0.39, 0.29) is 18.3 Å². The van der Waals surface area contributed by atoms with Crippen LogP contribution in [0.5, 0.6) is 0 Å². The van der Waals surface area contributed by atoms with E-state index >= 15 is 0 Å². The predicted octanol–water partition coefficient (Wildman–Crippen LogP) is 0.992. The maximum atomic E-state index is 12.6. The lowest BCUT2D eigenvalue weighted by Gasteiger charge is -2.25. The quantitative estimate of drug-likeness (QED) is 0.712. The average molecular weight is 424 g/mol. The zero-order valence-corrected chi connectivity index (χ0v) is 17.1. The number of amides is 1. The zero-order valence-electron chi connectivity index (χ0n) is 14.6. The van der Waals surface area contributed by atoms with Gasteiger partial charge in [-0.1, -0.05) is 6.42 Å². The maximum absolute atomic E-state index is 12.6. The SMILES string of the molecule is Cl.O=C(NCCc1ccc(S(=O)(=O)N2CCCCC2)s1)C1CNCCO1. The third-order valence-electron chi connectivity index (χ3n) is 4.44. The molecule has 0 saturated carbocycles. The summed E-state index contributed by atoms with van der Waals surface area (Å²) in [6.07, 6.45) is 3.14. The van der Waals surface area contributed by atoms with Gasteiger partial charge >= 0.3 is 0 Å². The van der Waals surface area contributed by atoms with E-state index in [1.54, 1.807) is 10.4 Å². The molecule has 2 aliphatic heterocycles. The lowest BCUT2D eigenvalue weighted by molar-refractivity contribution is -0.134. The zero-order chi connectivity index (χ0) is 17.7. The third kappa shape index (κ3) is 5.40. The molecule has 0 aliphatic carbocycles. The minimum Gasteiger partial charge on any atom is -0.366 e. The largest absolute Gasteiger partial charge is 0.366 e. The van der Waals surface area contributed by atoms with Crippen molar-refractivity contribution in [1.29, 1.82) is 0 Å². The Morgan fingerprint density at radius 3 is 2.77 bits per heavy atom. The van der Waals surface area contributed by atoms with Crippen LogP contribution >= 0.6 is 23.7 Å².